The highest BCUT2D eigenvalue weighted by Gasteiger charge is 2.03. The molecule has 1 amide bonds. The second-order valence-electron chi connectivity index (χ2n) is 5.19. The minimum absolute atomic E-state index is 0.0657. The van der Waals surface area contributed by atoms with Gasteiger partial charge < -0.3 is 16.0 Å². The SMILES string of the molecule is CCCCCCNC(=NC)NCc1ccc(C(=O)NC)cc1. The van der Waals surface area contributed by atoms with Crippen LogP contribution in [-0.4, -0.2) is 32.5 Å². The summed E-state index contributed by atoms with van der Waals surface area (Å²) in [6, 6.07) is 7.56. The number of nitrogens with zero attached hydrogens (tertiary/aromatic N) is 1. The molecule has 0 fully saturated rings. The van der Waals surface area contributed by atoms with Crippen molar-refractivity contribution in [2.45, 2.75) is 39.2 Å². The van der Waals surface area contributed by atoms with E-state index in [1.54, 1.807) is 14.1 Å². The molecule has 0 aliphatic carbocycles. The third kappa shape index (κ3) is 6.61. The summed E-state index contributed by atoms with van der Waals surface area (Å²) in [7, 11) is 3.41. The summed E-state index contributed by atoms with van der Waals surface area (Å²) in [6.07, 6.45) is 4.95. The Morgan fingerprint density at radius 1 is 1.09 bits per heavy atom. The van der Waals surface area contributed by atoms with Crippen LogP contribution < -0.4 is 16.0 Å². The molecule has 5 heteroatoms. The molecule has 0 aromatic heterocycles. The lowest BCUT2D eigenvalue weighted by Gasteiger charge is -2.12. The second kappa shape index (κ2) is 10.7. The fourth-order valence-corrected chi connectivity index (χ4v) is 2.08. The summed E-state index contributed by atoms with van der Waals surface area (Å²) in [5, 5.41) is 9.20. The Balaban J connectivity index is 2.35. The van der Waals surface area contributed by atoms with E-state index in [-0.39, 0.29) is 5.91 Å². The molecule has 0 atom stereocenters. The molecule has 1 rings (SSSR count). The van der Waals surface area contributed by atoms with E-state index in [0.29, 0.717) is 12.1 Å². The maximum Gasteiger partial charge on any atom is 0.251 e. The van der Waals surface area contributed by atoms with Crippen LogP contribution in [-0.2, 0) is 6.54 Å². The van der Waals surface area contributed by atoms with Crippen molar-refractivity contribution in [3.63, 3.8) is 0 Å². The molecule has 3 N–H and O–H groups in total. The summed E-state index contributed by atoms with van der Waals surface area (Å²) in [6.45, 7) is 3.83. The highest BCUT2D eigenvalue weighted by Crippen LogP contribution is 2.04. The molecule has 22 heavy (non-hydrogen) atoms. The van der Waals surface area contributed by atoms with Gasteiger partial charge in [-0.1, -0.05) is 38.3 Å². The minimum atomic E-state index is -0.0657. The van der Waals surface area contributed by atoms with Crippen LogP contribution in [0, 0.1) is 0 Å². The van der Waals surface area contributed by atoms with E-state index >= 15 is 0 Å². The van der Waals surface area contributed by atoms with Gasteiger partial charge in [-0.05, 0) is 24.1 Å². The van der Waals surface area contributed by atoms with Gasteiger partial charge in [-0.25, -0.2) is 0 Å². The van der Waals surface area contributed by atoms with Crippen LogP contribution in [0.25, 0.3) is 0 Å². The Morgan fingerprint density at radius 3 is 2.41 bits per heavy atom. The predicted octanol–water partition coefficient (Wildman–Crippen LogP) is 2.29. The number of nitrogens with one attached hydrogen (secondary N) is 3. The third-order valence-corrected chi connectivity index (χ3v) is 3.45. The number of carbonyl (C=O) groups is 1. The van der Waals surface area contributed by atoms with Gasteiger partial charge in [0.05, 0.1) is 0 Å². The molecule has 0 aliphatic heterocycles. The number of carbonyl (C=O) groups excluding carboxylic acids is 1. The molecule has 1 aromatic carbocycles. The Morgan fingerprint density at radius 2 is 1.82 bits per heavy atom. The minimum Gasteiger partial charge on any atom is -0.356 e. The van der Waals surface area contributed by atoms with Gasteiger partial charge >= 0.3 is 0 Å². The van der Waals surface area contributed by atoms with Crippen molar-refractivity contribution in [3.05, 3.63) is 35.4 Å². The van der Waals surface area contributed by atoms with Crippen molar-refractivity contribution in [1.82, 2.24) is 16.0 Å². The van der Waals surface area contributed by atoms with Gasteiger partial charge in [0, 0.05) is 32.7 Å². The average molecular weight is 304 g/mol. The molecule has 0 saturated heterocycles. The summed E-state index contributed by atoms with van der Waals surface area (Å²) >= 11 is 0. The van der Waals surface area contributed by atoms with Crippen LogP contribution in [0.1, 0.15) is 48.5 Å². The molecule has 0 radical (unpaired) electrons. The molecule has 122 valence electrons. The van der Waals surface area contributed by atoms with Crippen molar-refractivity contribution in [2.24, 2.45) is 4.99 Å². The summed E-state index contributed by atoms with van der Waals surface area (Å²) in [5.41, 5.74) is 1.78. The van der Waals surface area contributed by atoms with Gasteiger partial charge in [0.2, 0.25) is 0 Å². The van der Waals surface area contributed by atoms with Crippen molar-refractivity contribution in [3.8, 4) is 0 Å². The van der Waals surface area contributed by atoms with Crippen LogP contribution in [0.4, 0.5) is 0 Å². The predicted molar refractivity (Wildman–Crippen MR) is 92.2 cm³/mol. The highest BCUT2D eigenvalue weighted by atomic mass is 16.1. The van der Waals surface area contributed by atoms with Crippen LogP contribution in [0.15, 0.2) is 29.3 Å². The molecule has 0 aliphatic rings. The normalized spacial score (nSPS) is 11.1. The number of aliphatic imine (C=N–C) groups is 1. The van der Waals surface area contributed by atoms with E-state index in [2.05, 4.69) is 27.9 Å². The molecular weight excluding hydrogens is 276 g/mol. The maximum absolute atomic E-state index is 11.5. The number of unbranched alkanes of at least 4 members (excludes halogenated alkanes) is 3. The fourth-order valence-electron chi connectivity index (χ4n) is 2.08. The van der Waals surface area contributed by atoms with Crippen molar-refractivity contribution < 1.29 is 4.79 Å². The molecule has 0 spiro atoms. The zero-order valence-electron chi connectivity index (χ0n) is 13.9. The molecular formula is C17H28N4O. The van der Waals surface area contributed by atoms with Gasteiger partial charge in [0.25, 0.3) is 5.91 Å². The van der Waals surface area contributed by atoms with Gasteiger partial charge in [-0.3, -0.25) is 9.79 Å². The number of benzene rings is 1. The van der Waals surface area contributed by atoms with E-state index in [4.69, 9.17) is 0 Å². The largest absolute Gasteiger partial charge is 0.356 e. The van der Waals surface area contributed by atoms with Crippen molar-refractivity contribution >= 4 is 11.9 Å². The summed E-state index contributed by atoms with van der Waals surface area (Å²) in [5.74, 6) is 0.746. The lowest BCUT2D eigenvalue weighted by Crippen LogP contribution is -2.37. The molecule has 0 heterocycles. The molecule has 0 unspecified atom stereocenters. The zero-order chi connectivity index (χ0) is 16.2. The van der Waals surface area contributed by atoms with E-state index in [0.717, 1.165) is 24.5 Å². The van der Waals surface area contributed by atoms with E-state index in [9.17, 15) is 4.79 Å². The molecule has 0 bridgehead atoms. The van der Waals surface area contributed by atoms with Crippen LogP contribution >= 0.6 is 0 Å². The third-order valence-electron chi connectivity index (χ3n) is 3.45. The van der Waals surface area contributed by atoms with E-state index in [1.165, 1.54) is 19.3 Å². The maximum atomic E-state index is 11.5. The first-order valence-corrected chi connectivity index (χ1v) is 7.96. The summed E-state index contributed by atoms with van der Waals surface area (Å²) < 4.78 is 0. The lowest BCUT2D eigenvalue weighted by atomic mass is 10.1. The molecule has 0 saturated carbocycles. The monoisotopic (exact) mass is 304 g/mol. The van der Waals surface area contributed by atoms with Crippen LogP contribution in [0.5, 0.6) is 0 Å². The van der Waals surface area contributed by atoms with Gasteiger partial charge in [-0.15, -0.1) is 0 Å². The quantitative estimate of drug-likeness (QED) is 0.392. The lowest BCUT2D eigenvalue weighted by molar-refractivity contribution is 0.0963. The molecule has 5 nitrogen and oxygen atoms in total. The highest BCUT2D eigenvalue weighted by molar-refractivity contribution is 5.93. The Kier molecular flexibility index (Phi) is 8.72. The van der Waals surface area contributed by atoms with Gasteiger partial charge in [-0.2, -0.15) is 0 Å². The van der Waals surface area contributed by atoms with E-state index < -0.39 is 0 Å². The van der Waals surface area contributed by atoms with Crippen LogP contribution in [0.2, 0.25) is 0 Å². The first-order valence-electron chi connectivity index (χ1n) is 7.96. The number of rotatable bonds is 8. The fraction of sp³-hybridized carbons (Fsp3) is 0.529. The number of amides is 1. The Hall–Kier alpha value is -2.04. The van der Waals surface area contributed by atoms with Crippen molar-refractivity contribution in [1.29, 1.82) is 0 Å². The zero-order valence-corrected chi connectivity index (χ0v) is 13.9. The standard InChI is InChI=1S/C17H28N4O/c1-4-5-6-7-12-20-17(19-3)21-13-14-8-10-15(11-9-14)16(22)18-2/h8-11H,4-7,12-13H2,1-3H3,(H,18,22)(H2,19,20,21). The van der Waals surface area contributed by atoms with E-state index in [1.807, 2.05) is 24.3 Å². The first kappa shape index (κ1) is 18.0. The topological polar surface area (TPSA) is 65.5 Å². The van der Waals surface area contributed by atoms with Crippen molar-refractivity contribution in [2.75, 3.05) is 20.6 Å². The van der Waals surface area contributed by atoms with Gasteiger partial charge in [0.1, 0.15) is 0 Å². The number of guanidine groups is 1. The smallest absolute Gasteiger partial charge is 0.251 e. The average Bonchev–Trinajstić information content (AvgIpc) is 2.57. The number of hydrogen-bond acceptors (Lipinski definition) is 2. The summed E-state index contributed by atoms with van der Waals surface area (Å²) in [4.78, 5) is 15.7. The molecule has 1 aromatic rings. The van der Waals surface area contributed by atoms with Gasteiger partial charge in [0.15, 0.2) is 5.96 Å². The first-order chi connectivity index (χ1) is 10.7. The number of hydrogen-bond donors (Lipinski definition) is 3. The second-order valence-corrected chi connectivity index (χ2v) is 5.19. The van der Waals surface area contributed by atoms with Crippen LogP contribution in [0.3, 0.4) is 0 Å². The Bertz CT molecular complexity index is 468. The Labute approximate surface area is 133 Å².